The molecule has 0 unspecified atom stereocenters. The van der Waals surface area contributed by atoms with Gasteiger partial charge in [0, 0.05) is 29.3 Å². The van der Waals surface area contributed by atoms with Crippen molar-refractivity contribution in [2.75, 3.05) is 7.11 Å². The first-order valence-electron chi connectivity index (χ1n) is 7.58. The highest BCUT2D eigenvalue weighted by Crippen LogP contribution is 2.26. The van der Waals surface area contributed by atoms with E-state index in [1.807, 2.05) is 24.3 Å². The van der Waals surface area contributed by atoms with Gasteiger partial charge in [0.05, 0.1) is 7.11 Å². The van der Waals surface area contributed by atoms with Gasteiger partial charge in [-0.3, -0.25) is 9.78 Å². The first-order chi connectivity index (χ1) is 11.7. The van der Waals surface area contributed by atoms with E-state index in [2.05, 4.69) is 4.98 Å². The molecule has 24 heavy (non-hydrogen) atoms. The number of para-hydroxylation sites is 1. The monoisotopic (exact) mass is 319 g/mol. The van der Waals surface area contributed by atoms with Gasteiger partial charge in [-0.2, -0.15) is 0 Å². The molecule has 2 aromatic carbocycles. The number of ether oxygens (including phenoxy) is 1. The molecule has 4 heteroatoms. The minimum Gasteiger partial charge on any atom is -0.506 e. The molecule has 3 aromatic rings. The van der Waals surface area contributed by atoms with Crippen LogP contribution in [0.2, 0.25) is 0 Å². The van der Waals surface area contributed by atoms with E-state index in [4.69, 9.17) is 4.74 Å². The molecule has 1 aromatic heterocycles. The summed E-state index contributed by atoms with van der Waals surface area (Å²) < 4.78 is 5.28. The maximum absolute atomic E-state index is 12.5. The molecular formula is C20H17NO3. The van der Waals surface area contributed by atoms with E-state index in [1.54, 1.807) is 49.7 Å². The van der Waals surface area contributed by atoms with Gasteiger partial charge < -0.3 is 9.84 Å². The van der Waals surface area contributed by atoms with Crippen LogP contribution in [0.25, 0.3) is 11.3 Å². The van der Waals surface area contributed by atoms with Crippen LogP contribution in [0, 0.1) is 0 Å². The number of nitrogens with zero attached hydrogens (tertiary/aromatic N) is 1. The molecule has 0 saturated heterocycles. The number of aromatic hydroxyl groups is 1. The summed E-state index contributed by atoms with van der Waals surface area (Å²) >= 11 is 0. The van der Waals surface area contributed by atoms with Gasteiger partial charge in [-0.05, 0) is 18.2 Å². The van der Waals surface area contributed by atoms with Crippen molar-refractivity contribution in [3.05, 3.63) is 78.0 Å². The molecule has 0 amide bonds. The number of methoxy groups -OCH3 is 1. The van der Waals surface area contributed by atoms with Crippen molar-refractivity contribution in [3.63, 3.8) is 0 Å². The normalized spacial score (nSPS) is 10.4. The molecule has 0 aliphatic heterocycles. The lowest BCUT2D eigenvalue weighted by Crippen LogP contribution is -2.04. The lowest BCUT2D eigenvalue weighted by molar-refractivity contribution is 0.0992. The summed E-state index contributed by atoms with van der Waals surface area (Å²) in [6.45, 7) is 0. The number of hydrogen-bond acceptors (Lipinski definition) is 4. The predicted octanol–water partition coefficient (Wildman–Crippen LogP) is 3.89. The average molecular weight is 319 g/mol. The number of hydrogen-bond donors (Lipinski definition) is 1. The fraction of sp³-hybridized carbons (Fsp3) is 0.100. The second-order valence-electron chi connectivity index (χ2n) is 5.36. The second kappa shape index (κ2) is 6.96. The molecule has 0 saturated carbocycles. The minimum atomic E-state index is 0.0105. The summed E-state index contributed by atoms with van der Waals surface area (Å²) in [4.78, 5) is 16.6. The maximum Gasteiger partial charge on any atom is 0.167 e. The number of Topliss-reactive ketones (excluding diaryl/α,β-unsaturated/α-hetero) is 1. The van der Waals surface area contributed by atoms with E-state index in [0.29, 0.717) is 17.0 Å². The van der Waals surface area contributed by atoms with Crippen molar-refractivity contribution in [3.8, 4) is 22.8 Å². The van der Waals surface area contributed by atoms with Crippen molar-refractivity contribution in [2.24, 2.45) is 0 Å². The third kappa shape index (κ3) is 3.27. The molecule has 0 fully saturated rings. The Morgan fingerprint density at radius 2 is 1.79 bits per heavy atom. The molecule has 0 bridgehead atoms. The molecule has 3 rings (SSSR count). The Balaban J connectivity index is 1.81. The van der Waals surface area contributed by atoms with Crippen LogP contribution in [0.1, 0.15) is 15.9 Å². The molecule has 120 valence electrons. The van der Waals surface area contributed by atoms with Gasteiger partial charge >= 0.3 is 0 Å². The molecular weight excluding hydrogens is 302 g/mol. The predicted molar refractivity (Wildman–Crippen MR) is 92.4 cm³/mol. The summed E-state index contributed by atoms with van der Waals surface area (Å²) in [5.41, 5.74) is 2.74. The van der Waals surface area contributed by atoms with Crippen LogP contribution in [-0.4, -0.2) is 23.0 Å². The fourth-order valence-corrected chi connectivity index (χ4v) is 2.56. The first kappa shape index (κ1) is 15.7. The third-order valence-corrected chi connectivity index (χ3v) is 3.81. The average Bonchev–Trinajstić information content (AvgIpc) is 2.63. The number of rotatable bonds is 5. The smallest absolute Gasteiger partial charge is 0.167 e. The van der Waals surface area contributed by atoms with Gasteiger partial charge in [0.25, 0.3) is 0 Å². The number of ketones is 1. The zero-order chi connectivity index (χ0) is 16.9. The molecule has 4 nitrogen and oxygen atoms in total. The van der Waals surface area contributed by atoms with Crippen LogP contribution in [0.3, 0.4) is 0 Å². The van der Waals surface area contributed by atoms with E-state index in [0.717, 1.165) is 11.1 Å². The Morgan fingerprint density at radius 3 is 2.50 bits per heavy atom. The highest BCUT2D eigenvalue weighted by molar-refractivity contribution is 5.98. The van der Waals surface area contributed by atoms with Crippen LogP contribution < -0.4 is 4.74 Å². The Morgan fingerprint density at radius 1 is 1.04 bits per heavy atom. The van der Waals surface area contributed by atoms with Crippen LogP contribution in [0.4, 0.5) is 0 Å². The van der Waals surface area contributed by atoms with Crippen LogP contribution >= 0.6 is 0 Å². The highest BCUT2D eigenvalue weighted by Gasteiger charge is 2.11. The zero-order valence-corrected chi connectivity index (χ0v) is 13.3. The van der Waals surface area contributed by atoms with Crippen molar-refractivity contribution in [1.82, 2.24) is 4.98 Å². The summed E-state index contributed by atoms with van der Waals surface area (Å²) in [7, 11) is 1.59. The standard InChI is InChI=1S/C20H17NO3/c1-24-19-7-3-2-5-16(19)13-18(23)14-8-10-15(11-9-14)20-17(22)6-4-12-21-20/h2-12,22H,13H2,1H3. The van der Waals surface area contributed by atoms with Gasteiger partial charge in [0.2, 0.25) is 0 Å². The first-order valence-corrected chi connectivity index (χ1v) is 7.58. The topological polar surface area (TPSA) is 59.4 Å². The second-order valence-corrected chi connectivity index (χ2v) is 5.36. The Hall–Kier alpha value is -3.14. The fourth-order valence-electron chi connectivity index (χ4n) is 2.56. The number of carbonyl (C=O) groups is 1. The SMILES string of the molecule is COc1ccccc1CC(=O)c1ccc(-c2ncccc2O)cc1. The summed E-state index contributed by atoms with van der Waals surface area (Å²) in [5.74, 6) is 0.836. The van der Waals surface area contributed by atoms with Crippen molar-refractivity contribution in [1.29, 1.82) is 0 Å². The molecule has 0 radical (unpaired) electrons. The van der Waals surface area contributed by atoms with Crippen LogP contribution in [0.5, 0.6) is 11.5 Å². The Bertz CT molecular complexity index is 857. The summed E-state index contributed by atoms with van der Waals surface area (Å²) in [6, 6.07) is 17.8. The number of carbonyl (C=O) groups excluding carboxylic acids is 1. The van der Waals surface area contributed by atoms with E-state index in [-0.39, 0.29) is 18.0 Å². The lowest BCUT2D eigenvalue weighted by Gasteiger charge is -2.08. The maximum atomic E-state index is 12.5. The highest BCUT2D eigenvalue weighted by atomic mass is 16.5. The van der Waals surface area contributed by atoms with Gasteiger partial charge in [0.15, 0.2) is 5.78 Å². The van der Waals surface area contributed by atoms with Gasteiger partial charge in [-0.25, -0.2) is 0 Å². The molecule has 0 aliphatic rings. The Labute approximate surface area is 140 Å². The number of pyridine rings is 1. The van der Waals surface area contributed by atoms with E-state index < -0.39 is 0 Å². The van der Waals surface area contributed by atoms with Gasteiger partial charge in [-0.15, -0.1) is 0 Å². The summed E-state index contributed by atoms with van der Waals surface area (Å²) in [5, 5.41) is 9.85. The number of benzene rings is 2. The molecule has 1 N–H and O–H groups in total. The molecule has 1 heterocycles. The number of aromatic nitrogens is 1. The van der Waals surface area contributed by atoms with E-state index >= 15 is 0 Å². The van der Waals surface area contributed by atoms with Crippen molar-refractivity contribution >= 4 is 5.78 Å². The zero-order valence-electron chi connectivity index (χ0n) is 13.3. The largest absolute Gasteiger partial charge is 0.506 e. The molecule has 0 atom stereocenters. The van der Waals surface area contributed by atoms with Crippen molar-refractivity contribution < 1.29 is 14.6 Å². The van der Waals surface area contributed by atoms with Crippen LogP contribution in [0.15, 0.2) is 66.9 Å². The van der Waals surface area contributed by atoms with Crippen LogP contribution in [-0.2, 0) is 6.42 Å². The van der Waals surface area contributed by atoms with E-state index in [1.165, 1.54) is 0 Å². The molecule has 0 aliphatic carbocycles. The van der Waals surface area contributed by atoms with Gasteiger partial charge in [-0.1, -0.05) is 42.5 Å². The lowest BCUT2D eigenvalue weighted by atomic mass is 10.0. The summed E-state index contributed by atoms with van der Waals surface area (Å²) in [6.07, 6.45) is 1.90. The van der Waals surface area contributed by atoms with E-state index in [9.17, 15) is 9.90 Å². The quantitative estimate of drug-likeness (QED) is 0.725. The van der Waals surface area contributed by atoms with Crippen molar-refractivity contribution in [2.45, 2.75) is 6.42 Å². The third-order valence-electron chi connectivity index (χ3n) is 3.81. The Kier molecular flexibility index (Phi) is 4.57. The minimum absolute atomic E-state index is 0.0105. The van der Waals surface area contributed by atoms with Gasteiger partial charge in [0.1, 0.15) is 17.2 Å². The molecule has 0 spiro atoms.